The number of amides is 1. The van der Waals surface area contributed by atoms with Crippen LogP contribution in [0.25, 0.3) is 0 Å². The smallest absolute Gasteiger partial charge is 0.268 e. The van der Waals surface area contributed by atoms with E-state index in [4.69, 9.17) is 9.05 Å². The quantitative estimate of drug-likeness (QED) is 0.0274. The van der Waals surface area contributed by atoms with E-state index in [0.29, 0.717) is 17.4 Å². The largest absolute Gasteiger partial charge is 0.756 e. The number of carbonyl (C=O) groups excluding carboxylic acids is 1. The molecule has 3 atom stereocenters. The summed E-state index contributed by atoms with van der Waals surface area (Å²) in [5.74, 6) is -0.194. The number of hydrogen-bond acceptors (Lipinski definition) is 6. The fourth-order valence-corrected chi connectivity index (χ4v) is 7.88. The van der Waals surface area contributed by atoms with E-state index in [1.807, 2.05) is 27.2 Å². The molecule has 0 rings (SSSR count). The predicted molar refractivity (Wildman–Crippen MR) is 238 cm³/mol. The molecule has 0 aromatic heterocycles. The van der Waals surface area contributed by atoms with Gasteiger partial charge in [0, 0.05) is 6.42 Å². The maximum atomic E-state index is 12.9. The molecule has 3 unspecified atom stereocenters. The molecule has 0 saturated heterocycles. The van der Waals surface area contributed by atoms with Crippen molar-refractivity contribution < 1.29 is 32.9 Å². The van der Waals surface area contributed by atoms with Crippen molar-refractivity contribution in [3.05, 3.63) is 12.2 Å². The summed E-state index contributed by atoms with van der Waals surface area (Å²) in [6, 6.07) is -0.879. The van der Waals surface area contributed by atoms with E-state index in [1.165, 1.54) is 173 Å². The first-order valence-electron chi connectivity index (χ1n) is 24.1. The van der Waals surface area contributed by atoms with Gasteiger partial charge < -0.3 is 28.8 Å². The molecule has 1 amide bonds. The summed E-state index contributed by atoms with van der Waals surface area (Å²) < 4.78 is 23.2. The zero-order valence-corrected chi connectivity index (χ0v) is 38.7. The highest BCUT2D eigenvalue weighted by Gasteiger charge is 2.23. The molecule has 0 fully saturated rings. The summed E-state index contributed by atoms with van der Waals surface area (Å²) in [4.78, 5) is 25.3. The number of phosphoric ester groups is 1. The molecule has 2 N–H and O–H groups in total. The van der Waals surface area contributed by atoms with Gasteiger partial charge in [-0.3, -0.25) is 9.36 Å². The second kappa shape index (κ2) is 39.7. The van der Waals surface area contributed by atoms with Gasteiger partial charge in [0.1, 0.15) is 13.2 Å². The van der Waals surface area contributed by atoms with E-state index in [9.17, 15) is 19.4 Å². The first kappa shape index (κ1) is 55.2. The third-order valence-corrected chi connectivity index (χ3v) is 12.0. The minimum absolute atomic E-state index is 0.00218. The maximum absolute atomic E-state index is 12.9. The van der Waals surface area contributed by atoms with Crippen molar-refractivity contribution in [2.75, 3.05) is 40.9 Å². The fourth-order valence-electron chi connectivity index (χ4n) is 7.15. The van der Waals surface area contributed by atoms with Crippen LogP contribution < -0.4 is 10.2 Å². The zero-order valence-electron chi connectivity index (χ0n) is 37.9. The van der Waals surface area contributed by atoms with Crippen LogP contribution in [-0.4, -0.2) is 68.5 Å². The van der Waals surface area contributed by atoms with E-state index in [1.54, 1.807) is 6.08 Å². The van der Waals surface area contributed by atoms with Crippen LogP contribution in [0.3, 0.4) is 0 Å². The summed E-state index contributed by atoms with van der Waals surface area (Å²) in [6.07, 6.45) is 45.4. The second-order valence-electron chi connectivity index (χ2n) is 17.8. The van der Waals surface area contributed by atoms with Gasteiger partial charge in [0.15, 0.2) is 0 Å². The van der Waals surface area contributed by atoms with Gasteiger partial charge in [0.05, 0.1) is 39.9 Å². The Morgan fingerprint density at radius 3 is 1.34 bits per heavy atom. The van der Waals surface area contributed by atoms with Crippen LogP contribution in [0.2, 0.25) is 0 Å². The third-order valence-electron chi connectivity index (χ3n) is 11.0. The van der Waals surface area contributed by atoms with E-state index < -0.39 is 20.0 Å². The minimum Gasteiger partial charge on any atom is -0.756 e. The zero-order chi connectivity index (χ0) is 41.4. The van der Waals surface area contributed by atoms with Crippen LogP contribution >= 0.6 is 7.82 Å². The van der Waals surface area contributed by atoms with Crippen LogP contribution in [0.15, 0.2) is 12.2 Å². The number of nitrogens with zero attached hydrogens (tertiary/aromatic N) is 1. The van der Waals surface area contributed by atoms with Crippen LogP contribution in [-0.2, 0) is 18.4 Å². The molecule has 0 heterocycles. The lowest BCUT2D eigenvalue weighted by Gasteiger charge is -2.29. The number of nitrogens with one attached hydrogen (secondary N) is 1. The first-order valence-corrected chi connectivity index (χ1v) is 25.5. The van der Waals surface area contributed by atoms with Gasteiger partial charge in [-0.05, 0) is 19.3 Å². The van der Waals surface area contributed by atoms with Crippen molar-refractivity contribution in [1.29, 1.82) is 0 Å². The van der Waals surface area contributed by atoms with Crippen LogP contribution in [0, 0.1) is 0 Å². The molecule has 56 heavy (non-hydrogen) atoms. The van der Waals surface area contributed by atoms with Gasteiger partial charge in [-0.1, -0.05) is 219 Å². The van der Waals surface area contributed by atoms with Gasteiger partial charge in [-0.25, -0.2) is 0 Å². The molecule has 0 aromatic carbocycles. The summed E-state index contributed by atoms with van der Waals surface area (Å²) in [5.41, 5.74) is 0. The molecule has 8 nitrogen and oxygen atoms in total. The van der Waals surface area contributed by atoms with Gasteiger partial charge in [0.2, 0.25) is 5.91 Å². The average Bonchev–Trinajstić information content (AvgIpc) is 3.15. The molecule has 0 spiro atoms. The molecule has 0 bridgehead atoms. The molecule has 0 saturated carbocycles. The number of hydrogen-bond donors (Lipinski definition) is 2. The summed E-state index contributed by atoms with van der Waals surface area (Å²) in [7, 11) is 1.27. The van der Waals surface area contributed by atoms with E-state index in [0.717, 1.165) is 38.5 Å². The number of carbonyl (C=O) groups is 1. The Morgan fingerprint density at radius 2 is 0.964 bits per heavy atom. The second-order valence-corrected chi connectivity index (χ2v) is 19.2. The van der Waals surface area contributed by atoms with Crippen molar-refractivity contribution in [1.82, 2.24) is 5.32 Å². The summed E-state index contributed by atoms with van der Waals surface area (Å²) >= 11 is 0. The van der Waals surface area contributed by atoms with Crippen LogP contribution in [0.4, 0.5) is 0 Å². The van der Waals surface area contributed by atoms with Gasteiger partial charge in [-0.2, -0.15) is 0 Å². The predicted octanol–water partition coefficient (Wildman–Crippen LogP) is 12.9. The Morgan fingerprint density at radius 1 is 0.607 bits per heavy atom. The molecular weight excluding hydrogens is 719 g/mol. The molecule has 9 heteroatoms. The number of phosphoric acid groups is 1. The standard InChI is InChI=1S/C47H95N2O6P/c1-6-8-10-12-14-16-18-20-21-22-23-24-25-26-27-29-31-33-35-37-39-41-47(51)48-45(44-55-56(52,53)54-43-42-49(3,4)5)46(50)40-38-36-34-32-30-28-19-17-15-13-11-9-7-2/h38,40,45-46,50H,6-37,39,41-44H2,1-5H3,(H-,48,51,52,53). The van der Waals surface area contributed by atoms with Crippen LogP contribution in [0.5, 0.6) is 0 Å². The highest BCUT2D eigenvalue weighted by molar-refractivity contribution is 7.45. The molecular formula is C47H95N2O6P. The number of unbranched alkanes of at least 4 members (excludes halogenated alkanes) is 31. The SMILES string of the molecule is CCCCCCCCCCCCCC=CC(O)C(COP(=O)([O-])OCC[N+](C)(C)C)NC(=O)CCCCCCCCCCCCCCCCCCCCCCC. The number of likely N-dealkylation sites (N-methyl/N-ethyl adjacent to an activating group) is 1. The highest BCUT2D eigenvalue weighted by Crippen LogP contribution is 2.38. The molecule has 0 aromatic rings. The molecule has 0 radical (unpaired) electrons. The van der Waals surface area contributed by atoms with Gasteiger partial charge in [-0.15, -0.1) is 0 Å². The average molecular weight is 815 g/mol. The monoisotopic (exact) mass is 815 g/mol. The molecule has 334 valence electrons. The first-order chi connectivity index (χ1) is 27.0. The van der Waals surface area contributed by atoms with Gasteiger partial charge in [0.25, 0.3) is 7.82 Å². The van der Waals surface area contributed by atoms with Crippen molar-refractivity contribution in [3.8, 4) is 0 Å². The maximum Gasteiger partial charge on any atom is 0.268 e. The number of allylic oxidation sites excluding steroid dienone is 1. The lowest BCUT2D eigenvalue weighted by atomic mass is 10.0. The Labute approximate surface area is 348 Å². The Balaban J connectivity index is 4.26. The summed E-state index contributed by atoms with van der Waals surface area (Å²) in [6.45, 7) is 4.66. The third kappa shape index (κ3) is 41.4. The topological polar surface area (TPSA) is 108 Å². The fraction of sp³-hybridized carbons (Fsp3) is 0.936. The summed E-state index contributed by atoms with van der Waals surface area (Å²) in [5, 5.41) is 13.8. The molecule has 0 aliphatic carbocycles. The lowest BCUT2D eigenvalue weighted by molar-refractivity contribution is -0.870. The lowest BCUT2D eigenvalue weighted by Crippen LogP contribution is -2.45. The molecule has 0 aliphatic rings. The van der Waals surface area contributed by atoms with Crippen LogP contribution in [0.1, 0.15) is 232 Å². The number of aliphatic hydroxyl groups is 1. The van der Waals surface area contributed by atoms with E-state index in [2.05, 4.69) is 19.2 Å². The highest BCUT2D eigenvalue weighted by atomic mass is 31.2. The van der Waals surface area contributed by atoms with Crippen molar-refractivity contribution >= 4 is 13.7 Å². The van der Waals surface area contributed by atoms with E-state index in [-0.39, 0.29) is 19.1 Å². The number of quaternary nitrogens is 1. The van der Waals surface area contributed by atoms with Crippen molar-refractivity contribution in [2.24, 2.45) is 0 Å². The normalized spacial score (nSPS) is 14.3. The Bertz CT molecular complexity index is 927. The number of aliphatic hydroxyl groups excluding tert-OH is 1. The van der Waals surface area contributed by atoms with Crippen molar-refractivity contribution in [2.45, 2.75) is 244 Å². The van der Waals surface area contributed by atoms with Crippen molar-refractivity contribution in [3.63, 3.8) is 0 Å². The Kier molecular flexibility index (Phi) is 39.1. The van der Waals surface area contributed by atoms with Gasteiger partial charge >= 0.3 is 0 Å². The minimum atomic E-state index is -4.58. The Hall–Kier alpha value is -0.760. The van der Waals surface area contributed by atoms with E-state index >= 15 is 0 Å². The molecule has 0 aliphatic heterocycles. The number of rotatable bonds is 44.